The highest BCUT2D eigenvalue weighted by molar-refractivity contribution is 5.39. The van der Waals surface area contributed by atoms with Gasteiger partial charge in [-0.2, -0.15) is 0 Å². The molecule has 0 aromatic heterocycles. The van der Waals surface area contributed by atoms with Gasteiger partial charge < -0.3 is 0 Å². The molecule has 0 N–H and O–H groups in total. The average Bonchev–Trinajstić information content (AvgIpc) is 2.53. The van der Waals surface area contributed by atoms with Crippen molar-refractivity contribution in [2.45, 2.75) is 52.4 Å². The Morgan fingerprint density at radius 2 is 1.95 bits per heavy atom. The lowest BCUT2D eigenvalue weighted by molar-refractivity contribution is 0.304. The van der Waals surface area contributed by atoms with Crippen molar-refractivity contribution in [1.82, 2.24) is 0 Å². The van der Waals surface area contributed by atoms with E-state index in [-0.39, 0.29) is 5.82 Å². The number of halogens is 1. The molecule has 0 atom stereocenters. The summed E-state index contributed by atoms with van der Waals surface area (Å²) in [5, 5.41) is 0. The van der Waals surface area contributed by atoms with E-state index in [1.807, 2.05) is 19.1 Å². The first kappa shape index (κ1) is 15.8. The van der Waals surface area contributed by atoms with Gasteiger partial charge in [0, 0.05) is 0 Å². The normalized spacial score (nSPS) is 22.0. The van der Waals surface area contributed by atoms with Crippen LogP contribution in [0.5, 0.6) is 0 Å². The number of hydrogen-bond donors (Lipinski definition) is 0. The van der Waals surface area contributed by atoms with Crippen molar-refractivity contribution >= 4 is 0 Å². The number of rotatable bonds is 3. The lowest BCUT2D eigenvalue weighted by atomic mass is 9.81. The standard InChI is InChI=1S/C20H25F/c1-3-16-9-11-18(12-10-16)7-5-6-8-19-14-13-17(4-2)15-20(19)21/h5,7,13-16,18H,3-4,9-12H2,1-2H3. The third kappa shape index (κ3) is 4.74. The van der Waals surface area contributed by atoms with Gasteiger partial charge in [0.25, 0.3) is 0 Å². The highest BCUT2D eigenvalue weighted by Gasteiger charge is 2.17. The van der Waals surface area contributed by atoms with Crippen LogP contribution in [0.2, 0.25) is 0 Å². The Morgan fingerprint density at radius 1 is 1.19 bits per heavy atom. The molecule has 0 nitrogen and oxygen atoms in total. The Hall–Kier alpha value is -1.55. The Balaban J connectivity index is 1.90. The molecular formula is C20H25F. The summed E-state index contributed by atoms with van der Waals surface area (Å²) in [6, 6.07) is 5.31. The second-order valence-corrected chi connectivity index (χ2v) is 5.99. The SMILES string of the molecule is CCc1ccc(C#CC=CC2CCC(CC)CC2)c(F)c1. The molecule has 1 aliphatic carbocycles. The molecule has 0 radical (unpaired) electrons. The van der Waals surface area contributed by atoms with Gasteiger partial charge in [-0.15, -0.1) is 0 Å². The van der Waals surface area contributed by atoms with Crippen LogP contribution in [0.15, 0.2) is 30.4 Å². The van der Waals surface area contributed by atoms with Gasteiger partial charge >= 0.3 is 0 Å². The summed E-state index contributed by atoms with van der Waals surface area (Å²) in [4.78, 5) is 0. The average molecular weight is 284 g/mol. The molecule has 1 fully saturated rings. The van der Waals surface area contributed by atoms with Crippen LogP contribution < -0.4 is 0 Å². The summed E-state index contributed by atoms with van der Waals surface area (Å²) in [6.07, 6.45) is 11.5. The summed E-state index contributed by atoms with van der Waals surface area (Å²) in [5.74, 6) is 7.27. The smallest absolute Gasteiger partial charge is 0.139 e. The molecule has 0 saturated heterocycles. The molecular weight excluding hydrogens is 259 g/mol. The second kappa shape index (κ2) is 8.03. The minimum Gasteiger partial charge on any atom is -0.206 e. The zero-order chi connectivity index (χ0) is 15.1. The number of allylic oxidation sites excluding steroid dienone is 2. The summed E-state index contributed by atoms with van der Waals surface area (Å²) >= 11 is 0. The summed E-state index contributed by atoms with van der Waals surface area (Å²) in [7, 11) is 0. The first-order chi connectivity index (χ1) is 10.2. The molecule has 1 heteroatoms. The zero-order valence-corrected chi connectivity index (χ0v) is 13.2. The lowest BCUT2D eigenvalue weighted by Crippen LogP contribution is -2.11. The van der Waals surface area contributed by atoms with E-state index in [9.17, 15) is 4.39 Å². The molecule has 0 amide bonds. The molecule has 112 valence electrons. The fourth-order valence-corrected chi connectivity index (χ4v) is 2.97. The van der Waals surface area contributed by atoms with Crippen LogP contribution in [0.1, 0.15) is 57.1 Å². The molecule has 1 saturated carbocycles. The van der Waals surface area contributed by atoms with E-state index in [2.05, 4.69) is 24.8 Å². The van der Waals surface area contributed by atoms with Gasteiger partial charge in [0.05, 0.1) is 5.56 Å². The quantitative estimate of drug-likeness (QED) is 0.642. The first-order valence-corrected chi connectivity index (χ1v) is 8.19. The van der Waals surface area contributed by atoms with Gasteiger partial charge in [0.1, 0.15) is 5.82 Å². The molecule has 0 unspecified atom stereocenters. The number of benzene rings is 1. The van der Waals surface area contributed by atoms with E-state index in [4.69, 9.17) is 0 Å². The van der Waals surface area contributed by atoms with Gasteiger partial charge in [-0.25, -0.2) is 4.39 Å². The number of aryl methyl sites for hydroxylation is 1. The molecule has 0 heterocycles. The fraction of sp³-hybridized carbons (Fsp3) is 0.500. The lowest BCUT2D eigenvalue weighted by Gasteiger charge is -2.25. The van der Waals surface area contributed by atoms with Gasteiger partial charge in [-0.1, -0.05) is 44.3 Å². The highest BCUT2D eigenvalue weighted by Crippen LogP contribution is 2.31. The third-order valence-corrected chi connectivity index (χ3v) is 4.57. The van der Waals surface area contributed by atoms with E-state index in [1.54, 1.807) is 12.1 Å². The van der Waals surface area contributed by atoms with Crippen molar-refractivity contribution in [2.75, 3.05) is 0 Å². The van der Waals surface area contributed by atoms with Crippen molar-refractivity contribution < 1.29 is 4.39 Å². The minimum absolute atomic E-state index is 0.210. The van der Waals surface area contributed by atoms with Crippen molar-refractivity contribution in [2.24, 2.45) is 11.8 Å². The van der Waals surface area contributed by atoms with Crippen LogP contribution in [-0.4, -0.2) is 0 Å². The molecule has 0 bridgehead atoms. The van der Waals surface area contributed by atoms with Crippen LogP contribution in [0, 0.1) is 29.5 Å². The van der Waals surface area contributed by atoms with Crippen molar-refractivity contribution in [3.8, 4) is 11.8 Å². The van der Waals surface area contributed by atoms with Crippen LogP contribution in [0.25, 0.3) is 0 Å². The van der Waals surface area contributed by atoms with Gasteiger partial charge in [-0.05, 0) is 67.7 Å². The maximum Gasteiger partial charge on any atom is 0.139 e. The zero-order valence-electron chi connectivity index (χ0n) is 13.2. The fourth-order valence-electron chi connectivity index (χ4n) is 2.97. The van der Waals surface area contributed by atoms with E-state index in [1.165, 1.54) is 32.1 Å². The van der Waals surface area contributed by atoms with Crippen molar-refractivity contribution in [3.05, 3.63) is 47.3 Å². The maximum atomic E-state index is 13.8. The van der Waals surface area contributed by atoms with E-state index >= 15 is 0 Å². The monoisotopic (exact) mass is 284 g/mol. The Kier molecular flexibility index (Phi) is 6.05. The highest BCUT2D eigenvalue weighted by atomic mass is 19.1. The molecule has 1 aromatic carbocycles. The summed E-state index contributed by atoms with van der Waals surface area (Å²) in [6.45, 7) is 4.31. The van der Waals surface area contributed by atoms with Crippen LogP contribution >= 0.6 is 0 Å². The third-order valence-electron chi connectivity index (χ3n) is 4.57. The Labute approximate surface area is 128 Å². The minimum atomic E-state index is -0.210. The Morgan fingerprint density at radius 3 is 2.57 bits per heavy atom. The molecule has 21 heavy (non-hydrogen) atoms. The van der Waals surface area contributed by atoms with Crippen LogP contribution in [0.4, 0.5) is 4.39 Å². The van der Waals surface area contributed by atoms with Gasteiger partial charge in [0.15, 0.2) is 0 Å². The van der Waals surface area contributed by atoms with Crippen molar-refractivity contribution in [1.29, 1.82) is 0 Å². The van der Waals surface area contributed by atoms with E-state index in [0.29, 0.717) is 11.5 Å². The van der Waals surface area contributed by atoms with Gasteiger partial charge in [-0.3, -0.25) is 0 Å². The first-order valence-electron chi connectivity index (χ1n) is 8.19. The Bertz CT molecular complexity index is 537. The second-order valence-electron chi connectivity index (χ2n) is 5.99. The van der Waals surface area contributed by atoms with Gasteiger partial charge in [0.2, 0.25) is 0 Å². The molecule has 0 aliphatic heterocycles. The van der Waals surface area contributed by atoms with Crippen LogP contribution in [0.3, 0.4) is 0 Å². The van der Waals surface area contributed by atoms with E-state index < -0.39 is 0 Å². The molecule has 1 aromatic rings. The summed E-state index contributed by atoms with van der Waals surface area (Å²) in [5.41, 5.74) is 1.51. The largest absolute Gasteiger partial charge is 0.206 e. The van der Waals surface area contributed by atoms with E-state index in [0.717, 1.165) is 17.9 Å². The molecule has 2 rings (SSSR count). The van der Waals surface area contributed by atoms with Crippen molar-refractivity contribution in [3.63, 3.8) is 0 Å². The predicted octanol–water partition coefficient (Wildman–Crippen LogP) is 5.51. The maximum absolute atomic E-state index is 13.8. The summed E-state index contributed by atoms with van der Waals surface area (Å²) < 4.78 is 13.8. The molecule has 1 aliphatic rings. The number of hydrogen-bond acceptors (Lipinski definition) is 0. The molecule has 0 spiro atoms. The predicted molar refractivity (Wildman–Crippen MR) is 87.5 cm³/mol. The van der Waals surface area contributed by atoms with Crippen LogP contribution in [-0.2, 0) is 6.42 Å². The topological polar surface area (TPSA) is 0 Å².